The molecule has 2 aromatic heterocycles. The molecule has 3 heterocycles. The van der Waals surface area contributed by atoms with E-state index in [-0.39, 0.29) is 6.10 Å². The molecule has 0 bridgehead atoms. The van der Waals surface area contributed by atoms with E-state index in [0.29, 0.717) is 23.9 Å². The molecule has 9 aromatic rings. The van der Waals surface area contributed by atoms with Crippen LogP contribution in [0.15, 0.2) is 176 Å². The predicted octanol–water partition coefficient (Wildman–Crippen LogP) is 11.9. The summed E-state index contributed by atoms with van der Waals surface area (Å²) in [4.78, 5) is 15.1. The zero-order valence-electron chi connectivity index (χ0n) is 29.2. The Bertz CT molecular complexity index is 2920. The minimum atomic E-state index is -0.151. The molecular formula is C49H32N4O. The van der Waals surface area contributed by atoms with E-state index in [0.717, 1.165) is 33.6 Å². The van der Waals surface area contributed by atoms with E-state index in [9.17, 15) is 0 Å². The number of hydrogen-bond acceptors (Lipinski definition) is 4. The molecule has 7 aromatic carbocycles. The lowest BCUT2D eigenvalue weighted by Gasteiger charge is -2.21. The van der Waals surface area contributed by atoms with E-state index < -0.39 is 0 Å². The van der Waals surface area contributed by atoms with Crippen molar-refractivity contribution in [3.8, 4) is 51.0 Å². The minimum absolute atomic E-state index is 0.151. The van der Waals surface area contributed by atoms with Crippen LogP contribution in [-0.4, -0.2) is 25.6 Å². The van der Waals surface area contributed by atoms with Gasteiger partial charge in [-0.1, -0.05) is 146 Å². The standard InChI is InChI=1S/C49H32N4O/c1-4-13-31(14-5-1)35-24-27-41-40(29-35)45-37-20-11-10-15-32(37)23-28-42(45)53(41)36-25-26-38-44(30-36)54-43-22-12-21-39(46(38)43)49-51-47(33-16-6-2-7-17-33)50-48(52-49)34-18-8-3-9-19-34/h1-29,44H,30H2. The normalized spacial score (nSPS) is 14.8. The number of ether oxygens (including phenoxy) is 1. The van der Waals surface area contributed by atoms with Crippen molar-refractivity contribution in [3.05, 3.63) is 182 Å². The summed E-state index contributed by atoms with van der Waals surface area (Å²) in [6.45, 7) is 0. The molecule has 54 heavy (non-hydrogen) atoms. The van der Waals surface area contributed by atoms with Crippen molar-refractivity contribution in [2.24, 2.45) is 0 Å². The molecule has 0 N–H and O–H groups in total. The summed E-state index contributed by atoms with van der Waals surface area (Å²) < 4.78 is 9.25. The molecular weight excluding hydrogens is 661 g/mol. The third-order valence-corrected chi connectivity index (χ3v) is 10.8. The van der Waals surface area contributed by atoms with Crippen LogP contribution < -0.4 is 4.74 Å². The van der Waals surface area contributed by atoms with Crippen molar-refractivity contribution in [1.29, 1.82) is 0 Å². The van der Waals surface area contributed by atoms with Crippen LogP contribution in [-0.2, 0) is 0 Å². The Labute approximate surface area is 312 Å². The van der Waals surface area contributed by atoms with E-state index in [1.54, 1.807) is 0 Å². The molecule has 1 unspecified atom stereocenters. The van der Waals surface area contributed by atoms with Gasteiger partial charge in [0.25, 0.3) is 0 Å². The molecule has 254 valence electrons. The van der Waals surface area contributed by atoms with Crippen molar-refractivity contribution < 1.29 is 4.74 Å². The van der Waals surface area contributed by atoms with Crippen molar-refractivity contribution in [2.75, 3.05) is 0 Å². The summed E-state index contributed by atoms with van der Waals surface area (Å²) in [7, 11) is 0. The molecule has 0 spiro atoms. The van der Waals surface area contributed by atoms with E-state index in [1.165, 1.54) is 49.4 Å². The Kier molecular flexibility index (Phi) is 6.92. The van der Waals surface area contributed by atoms with E-state index in [2.05, 4.69) is 114 Å². The summed E-state index contributed by atoms with van der Waals surface area (Å²) in [5, 5.41) is 5.01. The predicted molar refractivity (Wildman–Crippen MR) is 220 cm³/mol. The van der Waals surface area contributed by atoms with Gasteiger partial charge < -0.3 is 9.30 Å². The molecule has 0 saturated heterocycles. The van der Waals surface area contributed by atoms with Crippen LogP contribution in [0.1, 0.15) is 12.0 Å². The van der Waals surface area contributed by atoms with Crippen molar-refractivity contribution in [3.63, 3.8) is 0 Å². The van der Waals surface area contributed by atoms with Gasteiger partial charge in [-0.2, -0.15) is 0 Å². The largest absolute Gasteiger partial charge is 0.485 e. The van der Waals surface area contributed by atoms with E-state index in [4.69, 9.17) is 19.7 Å². The molecule has 5 nitrogen and oxygen atoms in total. The molecule has 2 aliphatic rings. The van der Waals surface area contributed by atoms with Gasteiger partial charge in [0.05, 0.1) is 11.0 Å². The highest BCUT2D eigenvalue weighted by molar-refractivity contribution is 6.22. The van der Waals surface area contributed by atoms with E-state index in [1.807, 2.05) is 66.7 Å². The lowest BCUT2D eigenvalue weighted by atomic mass is 9.91. The fourth-order valence-electron chi connectivity index (χ4n) is 8.28. The Morgan fingerprint density at radius 2 is 1.15 bits per heavy atom. The number of benzene rings is 7. The second-order valence-corrected chi connectivity index (χ2v) is 13.9. The Morgan fingerprint density at radius 1 is 0.500 bits per heavy atom. The van der Waals surface area contributed by atoms with Crippen LogP contribution >= 0.6 is 0 Å². The van der Waals surface area contributed by atoms with Gasteiger partial charge >= 0.3 is 0 Å². The van der Waals surface area contributed by atoms with Gasteiger partial charge in [0.2, 0.25) is 0 Å². The molecule has 1 atom stereocenters. The van der Waals surface area contributed by atoms with E-state index >= 15 is 0 Å². The van der Waals surface area contributed by atoms with Crippen molar-refractivity contribution >= 4 is 43.8 Å². The van der Waals surface area contributed by atoms with Gasteiger partial charge in [-0.15, -0.1) is 0 Å². The first-order valence-electron chi connectivity index (χ1n) is 18.4. The zero-order chi connectivity index (χ0) is 35.6. The minimum Gasteiger partial charge on any atom is -0.485 e. The highest BCUT2D eigenvalue weighted by Gasteiger charge is 2.35. The number of rotatable bonds is 5. The topological polar surface area (TPSA) is 52.8 Å². The molecule has 0 fully saturated rings. The zero-order valence-corrected chi connectivity index (χ0v) is 29.2. The monoisotopic (exact) mass is 692 g/mol. The summed E-state index contributed by atoms with van der Waals surface area (Å²) in [5.41, 5.74) is 11.0. The Hall–Kier alpha value is -7.11. The van der Waals surface area contributed by atoms with Crippen molar-refractivity contribution in [1.82, 2.24) is 19.5 Å². The third-order valence-electron chi connectivity index (χ3n) is 10.8. The van der Waals surface area contributed by atoms with Gasteiger partial charge in [-0.25, -0.2) is 15.0 Å². The maximum atomic E-state index is 6.81. The fourth-order valence-corrected chi connectivity index (χ4v) is 8.28. The first-order valence-corrected chi connectivity index (χ1v) is 18.4. The maximum absolute atomic E-state index is 6.81. The summed E-state index contributed by atoms with van der Waals surface area (Å²) in [5.74, 6) is 2.76. The molecule has 11 rings (SSSR count). The average molecular weight is 693 g/mol. The van der Waals surface area contributed by atoms with Crippen LogP contribution in [0.2, 0.25) is 0 Å². The number of nitrogens with zero attached hydrogens (tertiary/aromatic N) is 4. The lowest BCUT2D eigenvalue weighted by molar-refractivity contribution is 0.280. The number of fused-ring (bicyclic) bond motifs is 8. The SMILES string of the molecule is C1=C2c3c(cccc3-c3nc(-c4ccccc4)nc(-c4ccccc4)n3)OC2CC(n2c3ccc(-c4ccccc4)cc3c3c4ccccc4ccc32)=C1. The van der Waals surface area contributed by atoms with Crippen LogP contribution in [0.3, 0.4) is 0 Å². The van der Waals surface area contributed by atoms with Crippen LogP contribution in [0.5, 0.6) is 5.75 Å². The summed E-state index contributed by atoms with van der Waals surface area (Å²) in [6.07, 6.45) is 5.08. The fraction of sp³-hybridized carbons (Fsp3) is 0.0408. The average Bonchev–Trinajstić information content (AvgIpc) is 3.79. The number of allylic oxidation sites excluding steroid dienone is 2. The molecule has 1 aliphatic carbocycles. The first kappa shape index (κ1) is 30.5. The van der Waals surface area contributed by atoms with Crippen LogP contribution in [0, 0.1) is 0 Å². The molecule has 1 aliphatic heterocycles. The molecule has 0 saturated carbocycles. The number of hydrogen-bond donors (Lipinski definition) is 0. The summed E-state index contributed by atoms with van der Waals surface area (Å²) >= 11 is 0. The third kappa shape index (κ3) is 4.90. The molecule has 0 radical (unpaired) electrons. The van der Waals surface area contributed by atoms with Gasteiger partial charge in [-0.05, 0) is 52.2 Å². The van der Waals surface area contributed by atoms with Crippen LogP contribution in [0.25, 0.3) is 89.1 Å². The second kappa shape index (κ2) is 12.2. The Morgan fingerprint density at radius 3 is 1.89 bits per heavy atom. The highest BCUT2D eigenvalue weighted by Crippen LogP contribution is 2.48. The van der Waals surface area contributed by atoms with Gasteiger partial charge in [-0.3, -0.25) is 0 Å². The molecule has 0 amide bonds. The van der Waals surface area contributed by atoms with Crippen molar-refractivity contribution in [2.45, 2.75) is 12.5 Å². The highest BCUT2D eigenvalue weighted by atomic mass is 16.5. The maximum Gasteiger partial charge on any atom is 0.164 e. The molecule has 5 heteroatoms. The van der Waals surface area contributed by atoms with Gasteiger partial charge in [0.15, 0.2) is 17.5 Å². The van der Waals surface area contributed by atoms with Gasteiger partial charge in [0.1, 0.15) is 11.9 Å². The second-order valence-electron chi connectivity index (χ2n) is 13.9. The summed E-state index contributed by atoms with van der Waals surface area (Å²) in [6, 6.07) is 57.2. The lowest BCUT2D eigenvalue weighted by Crippen LogP contribution is -2.17. The quantitative estimate of drug-likeness (QED) is 0.180. The smallest absolute Gasteiger partial charge is 0.164 e. The van der Waals surface area contributed by atoms with Gasteiger partial charge in [0, 0.05) is 50.7 Å². The first-order chi connectivity index (χ1) is 26.8. The van der Waals surface area contributed by atoms with Crippen LogP contribution in [0.4, 0.5) is 0 Å². The Balaban J connectivity index is 1.07. The number of aromatic nitrogens is 4.